The van der Waals surface area contributed by atoms with Crippen LogP contribution in [0.4, 0.5) is 0 Å². The van der Waals surface area contributed by atoms with Crippen LogP contribution < -0.4 is 5.32 Å². The lowest BCUT2D eigenvalue weighted by atomic mass is 10.0. The van der Waals surface area contributed by atoms with E-state index in [9.17, 15) is 5.11 Å². The van der Waals surface area contributed by atoms with E-state index >= 15 is 0 Å². The van der Waals surface area contributed by atoms with Gasteiger partial charge >= 0.3 is 0 Å². The fourth-order valence-electron chi connectivity index (χ4n) is 2.28. The largest absolute Gasteiger partial charge is 0.463 e. The molecule has 1 heterocycles. The van der Waals surface area contributed by atoms with Gasteiger partial charge in [0.1, 0.15) is 17.1 Å². The number of rotatable bonds is 6. The van der Waals surface area contributed by atoms with E-state index in [1.807, 2.05) is 19.1 Å². The molecule has 3 nitrogen and oxygen atoms in total. The predicted molar refractivity (Wildman–Crippen MR) is 67.8 cm³/mol. The van der Waals surface area contributed by atoms with Crippen molar-refractivity contribution in [2.24, 2.45) is 5.92 Å². The Morgan fingerprint density at radius 1 is 1.53 bits per heavy atom. The predicted octanol–water partition coefficient (Wildman–Crippen LogP) is 2.57. The highest BCUT2D eigenvalue weighted by Crippen LogP contribution is 2.34. The lowest BCUT2D eigenvalue weighted by Crippen LogP contribution is -2.41. The average Bonchev–Trinajstić information content (AvgIpc) is 3.01. The van der Waals surface area contributed by atoms with Crippen LogP contribution in [0, 0.1) is 12.8 Å². The Balaban J connectivity index is 1.92. The quantitative estimate of drug-likeness (QED) is 0.799. The monoisotopic (exact) mass is 237 g/mol. The van der Waals surface area contributed by atoms with Crippen molar-refractivity contribution in [2.75, 3.05) is 6.54 Å². The molecule has 96 valence electrons. The Morgan fingerprint density at radius 2 is 2.24 bits per heavy atom. The molecule has 3 heteroatoms. The normalized spacial score (nSPS) is 21.2. The molecule has 0 amide bonds. The van der Waals surface area contributed by atoms with Gasteiger partial charge in [-0.15, -0.1) is 0 Å². The van der Waals surface area contributed by atoms with Crippen molar-refractivity contribution < 1.29 is 9.52 Å². The van der Waals surface area contributed by atoms with Gasteiger partial charge in [0.15, 0.2) is 0 Å². The van der Waals surface area contributed by atoms with E-state index in [0.717, 1.165) is 18.1 Å². The van der Waals surface area contributed by atoms with Gasteiger partial charge in [-0.2, -0.15) is 0 Å². The first-order valence-corrected chi connectivity index (χ1v) is 6.55. The summed E-state index contributed by atoms with van der Waals surface area (Å²) in [5, 5.41) is 13.9. The minimum atomic E-state index is -0.920. The number of aliphatic hydroxyl groups is 1. The number of furan rings is 1. The highest BCUT2D eigenvalue weighted by molar-refractivity contribution is 5.13. The molecular formula is C14H23NO2. The van der Waals surface area contributed by atoms with Gasteiger partial charge in [-0.25, -0.2) is 0 Å². The molecule has 0 spiro atoms. The summed E-state index contributed by atoms with van der Waals surface area (Å²) in [6.07, 6.45) is 3.78. The van der Waals surface area contributed by atoms with E-state index in [1.165, 1.54) is 12.8 Å². The number of hydrogen-bond acceptors (Lipinski definition) is 3. The van der Waals surface area contributed by atoms with Crippen LogP contribution in [0.1, 0.15) is 44.6 Å². The summed E-state index contributed by atoms with van der Waals surface area (Å²) in [7, 11) is 0. The summed E-state index contributed by atoms with van der Waals surface area (Å²) in [6, 6.07) is 4.29. The maximum atomic E-state index is 10.4. The molecule has 0 radical (unpaired) electrons. The van der Waals surface area contributed by atoms with Gasteiger partial charge in [0, 0.05) is 12.6 Å². The van der Waals surface area contributed by atoms with Crippen molar-refractivity contribution >= 4 is 0 Å². The summed E-state index contributed by atoms with van der Waals surface area (Å²) < 4.78 is 5.50. The van der Waals surface area contributed by atoms with Crippen molar-refractivity contribution in [1.82, 2.24) is 5.32 Å². The Morgan fingerprint density at radius 3 is 2.71 bits per heavy atom. The second-order valence-electron chi connectivity index (χ2n) is 5.42. The molecule has 1 saturated carbocycles. The zero-order valence-corrected chi connectivity index (χ0v) is 11.0. The molecule has 2 rings (SSSR count). The third-order valence-corrected chi connectivity index (χ3v) is 3.61. The standard InChI is InChI=1S/C14H23NO2/c1-4-12(11-6-7-11)15-9-14(3,16)13-8-5-10(2)17-13/h5,8,11-12,15-16H,4,6-7,9H2,1-3H3. The SMILES string of the molecule is CCC(NCC(C)(O)c1ccc(C)o1)C1CC1. The molecule has 1 fully saturated rings. The zero-order chi connectivity index (χ0) is 12.5. The van der Waals surface area contributed by atoms with Gasteiger partial charge in [0.2, 0.25) is 0 Å². The summed E-state index contributed by atoms with van der Waals surface area (Å²) in [6.45, 7) is 6.45. The summed E-state index contributed by atoms with van der Waals surface area (Å²) in [4.78, 5) is 0. The first kappa shape index (κ1) is 12.7. The zero-order valence-electron chi connectivity index (χ0n) is 11.0. The highest BCUT2D eigenvalue weighted by atomic mass is 16.4. The molecule has 0 aromatic carbocycles. The molecule has 1 aromatic heterocycles. The van der Waals surface area contributed by atoms with Gasteiger partial charge < -0.3 is 14.8 Å². The minimum absolute atomic E-state index is 0.539. The molecule has 2 unspecified atom stereocenters. The van der Waals surface area contributed by atoms with E-state index in [1.54, 1.807) is 6.92 Å². The Labute approximate surface area is 103 Å². The smallest absolute Gasteiger partial charge is 0.136 e. The molecule has 0 saturated heterocycles. The van der Waals surface area contributed by atoms with E-state index in [4.69, 9.17) is 4.42 Å². The number of nitrogens with one attached hydrogen (secondary N) is 1. The lowest BCUT2D eigenvalue weighted by Gasteiger charge is -2.25. The third-order valence-electron chi connectivity index (χ3n) is 3.61. The van der Waals surface area contributed by atoms with Crippen LogP contribution in [-0.2, 0) is 5.60 Å². The van der Waals surface area contributed by atoms with Crippen LogP contribution in [0.3, 0.4) is 0 Å². The van der Waals surface area contributed by atoms with Gasteiger partial charge in [-0.1, -0.05) is 6.92 Å². The molecular weight excluding hydrogens is 214 g/mol. The molecule has 0 bridgehead atoms. The van der Waals surface area contributed by atoms with Gasteiger partial charge in [-0.3, -0.25) is 0 Å². The topological polar surface area (TPSA) is 45.4 Å². The molecule has 1 aromatic rings. The van der Waals surface area contributed by atoms with Crippen LogP contribution in [-0.4, -0.2) is 17.7 Å². The van der Waals surface area contributed by atoms with Gasteiger partial charge in [-0.05, 0) is 51.2 Å². The maximum Gasteiger partial charge on any atom is 0.136 e. The van der Waals surface area contributed by atoms with E-state index in [-0.39, 0.29) is 0 Å². The van der Waals surface area contributed by atoms with Crippen LogP contribution in [0.15, 0.2) is 16.5 Å². The minimum Gasteiger partial charge on any atom is -0.463 e. The van der Waals surface area contributed by atoms with Crippen LogP contribution in [0.2, 0.25) is 0 Å². The molecule has 2 N–H and O–H groups in total. The number of hydrogen-bond donors (Lipinski definition) is 2. The summed E-state index contributed by atoms with van der Waals surface area (Å²) in [5.41, 5.74) is -0.920. The first-order valence-electron chi connectivity index (χ1n) is 6.55. The van der Waals surface area contributed by atoms with Crippen molar-refractivity contribution in [3.63, 3.8) is 0 Å². The second kappa shape index (κ2) is 4.83. The maximum absolute atomic E-state index is 10.4. The fraction of sp³-hybridized carbons (Fsp3) is 0.714. The molecule has 0 aliphatic heterocycles. The van der Waals surface area contributed by atoms with E-state index in [2.05, 4.69) is 12.2 Å². The van der Waals surface area contributed by atoms with E-state index < -0.39 is 5.60 Å². The van der Waals surface area contributed by atoms with Crippen LogP contribution in [0.5, 0.6) is 0 Å². The Hall–Kier alpha value is -0.800. The molecule has 2 atom stereocenters. The number of aryl methyl sites for hydroxylation is 1. The van der Waals surface area contributed by atoms with Crippen LogP contribution >= 0.6 is 0 Å². The lowest BCUT2D eigenvalue weighted by molar-refractivity contribution is 0.0300. The Kier molecular flexibility index (Phi) is 3.59. The third kappa shape index (κ3) is 3.11. The summed E-state index contributed by atoms with van der Waals surface area (Å²) >= 11 is 0. The van der Waals surface area contributed by atoms with E-state index in [0.29, 0.717) is 18.3 Å². The second-order valence-corrected chi connectivity index (χ2v) is 5.42. The Bertz CT molecular complexity index is 366. The van der Waals surface area contributed by atoms with Crippen molar-refractivity contribution in [3.05, 3.63) is 23.7 Å². The van der Waals surface area contributed by atoms with Gasteiger partial charge in [0.25, 0.3) is 0 Å². The van der Waals surface area contributed by atoms with Crippen molar-refractivity contribution in [3.8, 4) is 0 Å². The first-order chi connectivity index (χ1) is 8.03. The van der Waals surface area contributed by atoms with Gasteiger partial charge in [0.05, 0.1) is 0 Å². The highest BCUT2D eigenvalue weighted by Gasteiger charge is 2.33. The average molecular weight is 237 g/mol. The van der Waals surface area contributed by atoms with Crippen molar-refractivity contribution in [2.45, 2.75) is 51.7 Å². The van der Waals surface area contributed by atoms with Crippen LogP contribution in [0.25, 0.3) is 0 Å². The van der Waals surface area contributed by atoms with Crippen molar-refractivity contribution in [1.29, 1.82) is 0 Å². The molecule has 1 aliphatic carbocycles. The molecule has 1 aliphatic rings. The molecule has 17 heavy (non-hydrogen) atoms. The summed E-state index contributed by atoms with van der Waals surface area (Å²) in [5.74, 6) is 2.30. The fourth-order valence-corrected chi connectivity index (χ4v) is 2.28.